The van der Waals surface area contributed by atoms with Gasteiger partial charge in [0.15, 0.2) is 6.10 Å². The lowest BCUT2D eigenvalue weighted by molar-refractivity contribution is -0.154. The van der Waals surface area contributed by atoms with Crippen LogP contribution in [0.2, 0.25) is 0 Å². The van der Waals surface area contributed by atoms with Gasteiger partial charge in [0.05, 0.1) is 6.54 Å². The minimum absolute atomic E-state index is 0.0731. The van der Waals surface area contributed by atoms with Crippen molar-refractivity contribution in [2.75, 3.05) is 13.2 Å². The van der Waals surface area contributed by atoms with Crippen LogP contribution in [0.25, 0.3) is 0 Å². The third kappa shape index (κ3) is 8.74. The molecule has 0 aliphatic rings. The van der Waals surface area contributed by atoms with Gasteiger partial charge in [0, 0.05) is 6.42 Å². The number of aryl methyl sites for hydroxylation is 1. The molecule has 5 N–H and O–H groups in total. The van der Waals surface area contributed by atoms with Crippen LogP contribution >= 0.6 is 7.60 Å². The Morgan fingerprint density at radius 1 is 1.21 bits per heavy atom. The number of benzene rings is 1. The van der Waals surface area contributed by atoms with E-state index in [1.807, 2.05) is 30.3 Å². The Labute approximate surface area is 168 Å². The Kier molecular flexibility index (Phi) is 9.97. The molecule has 0 aliphatic heterocycles. The first-order valence-electron chi connectivity index (χ1n) is 8.99. The summed E-state index contributed by atoms with van der Waals surface area (Å²) in [7, 11) is -4.62. The summed E-state index contributed by atoms with van der Waals surface area (Å²) >= 11 is 0. The van der Waals surface area contributed by atoms with Gasteiger partial charge in [-0.05, 0) is 17.9 Å². The zero-order chi connectivity index (χ0) is 22.0. The summed E-state index contributed by atoms with van der Waals surface area (Å²) in [6.45, 7) is 1.90. The number of hydrogen-bond acceptors (Lipinski definition) is 7. The first-order chi connectivity index (χ1) is 13.6. The summed E-state index contributed by atoms with van der Waals surface area (Å²) < 4.78 is 22.1. The molecule has 1 amide bonds. The van der Waals surface area contributed by atoms with E-state index in [9.17, 15) is 23.8 Å². The van der Waals surface area contributed by atoms with Gasteiger partial charge < -0.3 is 25.8 Å². The standard InChI is InChI=1S/C18H27N2O8P/c1-12(2)17(20-15(21)9-8-13-6-4-3-5-7-13)29(25,26)28-14(18(23)24)11-27-16(22)10-19/h3-7,12,14,17H,8-11,19H2,1-2H3,(H,20,21)(H,23,24)(H,25,26). The average Bonchev–Trinajstić information content (AvgIpc) is 2.67. The molecule has 0 bridgehead atoms. The summed E-state index contributed by atoms with van der Waals surface area (Å²) in [5.74, 6) is -4.83. The molecule has 0 heterocycles. The van der Waals surface area contributed by atoms with Crippen LogP contribution in [0.4, 0.5) is 0 Å². The average molecular weight is 430 g/mol. The van der Waals surface area contributed by atoms with Crippen LogP contribution in [0.1, 0.15) is 25.8 Å². The van der Waals surface area contributed by atoms with E-state index >= 15 is 0 Å². The van der Waals surface area contributed by atoms with E-state index in [1.54, 1.807) is 13.8 Å². The predicted octanol–water partition coefficient (Wildman–Crippen LogP) is 0.875. The minimum atomic E-state index is -4.62. The van der Waals surface area contributed by atoms with Gasteiger partial charge in [-0.15, -0.1) is 0 Å². The lowest BCUT2D eigenvalue weighted by atomic mass is 10.1. The van der Waals surface area contributed by atoms with Crippen LogP contribution in [-0.2, 0) is 34.6 Å². The largest absolute Gasteiger partial charge is 0.479 e. The smallest absolute Gasteiger partial charge is 0.351 e. The third-order valence-corrected chi connectivity index (χ3v) is 5.88. The van der Waals surface area contributed by atoms with Gasteiger partial charge in [-0.25, -0.2) is 4.79 Å². The van der Waals surface area contributed by atoms with Crippen LogP contribution in [0, 0.1) is 5.92 Å². The monoisotopic (exact) mass is 430 g/mol. The van der Waals surface area contributed by atoms with Gasteiger partial charge in [-0.3, -0.25) is 18.7 Å². The normalized spacial score (nSPS) is 15.2. The molecule has 1 aromatic carbocycles. The van der Waals surface area contributed by atoms with Crippen molar-refractivity contribution >= 4 is 25.4 Å². The van der Waals surface area contributed by atoms with Crippen molar-refractivity contribution in [3.8, 4) is 0 Å². The van der Waals surface area contributed by atoms with E-state index in [1.165, 1.54) is 0 Å². The number of amides is 1. The highest BCUT2D eigenvalue weighted by Gasteiger charge is 2.40. The summed E-state index contributed by atoms with van der Waals surface area (Å²) in [6.07, 6.45) is -1.38. The van der Waals surface area contributed by atoms with Gasteiger partial charge in [0.25, 0.3) is 0 Å². The minimum Gasteiger partial charge on any atom is -0.479 e. The molecule has 3 atom stereocenters. The topological polar surface area (TPSA) is 165 Å². The molecule has 3 unspecified atom stereocenters. The molecule has 0 spiro atoms. The molecule has 0 saturated heterocycles. The Hall–Kier alpha value is -2.26. The van der Waals surface area contributed by atoms with Crippen molar-refractivity contribution in [1.82, 2.24) is 5.32 Å². The van der Waals surface area contributed by atoms with Crippen LogP contribution in [0.5, 0.6) is 0 Å². The number of carboxylic acids is 1. The van der Waals surface area contributed by atoms with E-state index in [2.05, 4.69) is 10.1 Å². The Balaban J connectivity index is 2.77. The summed E-state index contributed by atoms with van der Waals surface area (Å²) in [5.41, 5.74) is 5.99. The number of nitrogens with two attached hydrogens (primary N) is 1. The van der Waals surface area contributed by atoms with Gasteiger partial charge in [0.1, 0.15) is 12.4 Å². The first kappa shape index (κ1) is 24.8. The third-order valence-electron chi connectivity index (χ3n) is 3.89. The van der Waals surface area contributed by atoms with Crippen molar-refractivity contribution < 1.29 is 38.2 Å². The predicted molar refractivity (Wildman–Crippen MR) is 104 cm³/mol. The molecule has 0 fully saturated rings. The second-order valence-electron chi connectivity index (χ2n) is 6.63. The fourth-order valence-electron chi connectivity index (χ4n) is 2.39. The van der Waals surface area contributed by atoms with E-state index in [0.29, 0.717) is 6.42 Å². The maximum atomic E-state index is 12.7. The van der Waals surface area contributed by atoms with Crippen LogP contribution < -0.4 is 11.1 Å². The molecule has 0 aromatic heterocycles. The number of carbonyl (C=O) groups is 3. The lowest BCUT2D eigenvalue weighted by Gasteiger charge is -2.28. The number of carboxylic acid groups (broad SMARTS) is 1. The molecule has 11 heteroatoms. The molecular formula is C18H27N2O8P. The molecular weight excluding hydrogens is 403 g/mol. The molecule has 1 rings (SSSR count). The molecule has 162 valence electrons. The lowest BCUT2D eigenvalue weighted by Crippen LogP contribution is -2.41. The zero-order valence-electron chi connectivity index (χ0n) is 16.3. The molecule has 0 radical (unpaired) electrons. The van der Waals surface area contributed by atoms with Crippen LogP contribution in [0.3, 0.4) is 0 Å². The number of carbonyl (C=O) groups excluding carboxylic acids is 2. The van der Waals surface area contributed by atoms with E-state index < -0.39 is 56.4 Å². The second-order valence-corrected chi connectivity index (χ2v) is 8.52. The summed E-state index contributed by atoms with van der Waals surface area (Å²) in [6, 6.07) is 9.23. The first-order valence-corrected chi connectivity index (χ1v) is 10.6. The van der Waals surface area contributed by atoms with E-state index in [-0.39, 0.29) is 6.42 Å². The van der Waals surface area contributed by atoms with Crippen molar-refractivity contribution in [3.63, 3.8) is 0 Å². The fourth-order valence-corrected chi connectivity index (χ4v) is 4.09. The molecule has 0 aliphatic carbocycles. The number of nitrogens with one attached hydrogen (secondary N) is 1. The van der Waals surface area contributed by atoms with Gasteiger partial charge in [-0.1, -0.05) is 44.2 Å². The highest BCUT2D eigenvalue weighted by Crippen LogP contribution is 2.50. The number of rotatable bonds is 12. The second kappa shape index (κ2) is 11.7. The van der Waals surface area contributed by atoms with Gasteiger partial charge in [0.2, 0.25) is 5.91 Å². The van der Waals surface area contributed by atoms with Gasteiger partial charge in [-0.2, -0.15) is 0 Å². The van der Waals surface area contributed by atoms with Gasteiger partial charge >= 0.3 is 19.5 Å². The zero-order valence-corrected chi connectivity index (χ0v) is 17.2. The van der Waals surface area contributed by atoms with Crippen molar-refractivity contribution in [2.24, 2.45) is 11.7 Å². The highest BCUT2D eigenvalue weighted by molar-refractivity contribution is 7.53. The van der Waals surface area contributed by atoms with E-state index in [0.717, 1.165) is 5.56 Å². The molecule has 29 heavy (non-hydrogen) atoms. The van der Waals surface area contributed by atoms with Crippen molar-refractivity contribution in [3.05, 3.63) is 35.9 Å². The van der Waals surface area contributed by atoms with Crippen LogP contribution in [-0.4, -0.2) is 52.9 Å². The maximum absolute atomic E-state index is 12.7. The number of aliphatic carboxylic acids is 1. The summed E-state index contributed by atoms with van der Waals surface area (Å²) in [4.78, 5) is 44.9. The summed E-state index contributed by atoms with van der Waals surface area (Å²) in [5, 5.41) is 11.6. The maximum Gasteiger partial charge on any atom is 0.351 e. The SMILES string of the molecule is CC(C)C(NC(=O)CCc1ccccc1)P(=O)(O)OC(COC(=O)CN)C(=O)O. The highest BCUT2D eigenvalue weighted by atomic mass is 31.2. The molecule has 0 saturated carbocycles. The Morgan fingerprint density at radius 3 is 2.34 bits per heavy atom. The Morgan fingerprint density at radius 2 is 1.83 bits per heavy atom. The number of esters is 1. The molecule has 10 nitrogen and oxygen atoms in total. The number of ether oxygens (including phenoxy) is 1. The molecule has 1 aromatic rings. The fraction of sp³-hybridized carbons (Fsp3) is 0.500. The van der Waals surface area contributed by atoms with Crippen molar-refractivity contribution in [1.29, 1.82) is 0 Å². The quantitative estimate of drug-likeness (QED) is 0.278. The van der Waals surface area contributed by atoms with Crippen LogP contribution in [0.15, 0.2) is 30.3 Å². The van der Waals surface area contributed by atoms with Crippen molar-refractivity contribution in [2.45, 2.75) is 38.6 Å². The Bertz CT molecular complexity index is 741. The number of hydrogen-bond donors (Lipinski definition) is 4. The van der Waals surface area contributed by atoms with E-state index in [4.69, 9.17) is 15.4 Å².